The Kier molecular flexibility index (Phi) is 13.4. The number of aromatic nitrogens is 4. The molecule has 7 atom stereocenters. The maximum Gasteiger partial charge on any atom is 0.274 e. The molecule has 0 spiro atoms. The molecule has 272 valence electrons. The summed E-state index contributed by atoms with van der Waals surface area (Å²) in [6, 6.07) is 0. The van der Waals surface area contributed by atoms with Crippen LogP contribution in [0, 0.1) is 5.41 Å². The molecule has 0 bridgehead atoms. The number of hydrogen-bond donors (Lipinski definition) is 5. The number of carbonyl (C=O) groups is 2. The highest BCUT2D eigenvalue weighted by Crippen LogP contribution is 2.56. The molecule has 1 aliphatic rings. The summed E-state index contributed by atoms with van der Waals surface area (Å²) in [4.78, 5) is 83.1. The zero-order valence-corrected chi connectivity index (χ0v) is 28.3. The van der Waals surface area contributed by atoms with Crippen molar-refractivity contribution in [2.75, 3.05) is 32.0 Å². The second kappa shape index (κ2) is 16.0. The van der Waals surface area contributed by atoms with Crippen LogP contribution in [-0.2, 0) is 45.9 Å². The summed E-state index contributed by atoms with van der Waals surface area (Å²) in [7, 11) is -17.5. The van der Waals surface area contributed by atoms with E-state index in [-0.39, 0.29) is 35.9 Å². The van der Waals surface area contributed by atoms with Gasteiger partial charge in [-0.15, -0.1) is 0 Å². The summed E-state index contributed by atoms with van der Waals surface area (Å²) in [5.74, 6) is -1.38. The standard InChI is InChI=1S/C22H38N7O16P3/c1-4-6-24-13(30)5-7-25-20(33)17(32)22(2,3)9-42-48(39,40)45-47(37,38)41-8-12-16(44-46(34,35)36)15(31)21(43-12)29-11-28-14-18(23)26-10-27-19(14)29/h10-12,15-17,21,31-32H,4-9H2,1-3H3,(H,24,30)(H,25,33)(H,37,38)(H,39,40)(H2,23,26,27)(H2,34,35,36)/p-4. The molecule has 26 heteroatoms. The maximum atomic E-state index is 12.4. The van der Waals surface area contributed by atoms with Gasteiger partial charge in [-0.3, -0.25) is 23.3 Å². The third kappa shape index (κ3) is 11.0. The number of nitrogens with two attached hydrogens (primary N) is 1. The molecule has 1 saturated heterocycles. The maximum absolute atomic E-state index is 12.4. The number of amides is 2. The Bertz CT molecular complexity index is 1590. The van der Waals surface area contributed by atoms with Gasteiger partial charge in [0.25, 0.3) is 15.6 Å². The number of nitrogens with zero attached hydrogens (tertiary/aromatic N) is 4. The largest absolute Gasteiger partial charge is 0.790 e. The number of imidazole rings is 1. The van der Waals surface area contributed by atoms with Crippen LogP contribution in [-0.4, -0.2) is 92.3 Å². The third-order valence-electron chi connectivity index (χ3n) is 6.63. The lowest BCUT2D eigenvalue weighted by molar-refractivity contribution is -0.347. The van der Waals surface area contributed by atoms with Gasteiger partial charge < -0.3 is 69.0 Å². The van der Waals surface area contributed by atoms with E-state index in [1.807, 2.05) is 6.92 Å². The highest BCUT2D eigenvalue weighted by atomic mass is 31.3. The predicted molar refractivity (Wildman–Crippen MR) is 151 cm³/mol. The van der Waals surface area contributed by atoms with Gasteiger partial charge in [-0.25, -0.2) is 19.3 Å². The van der Waals surface area contributed by atoms with E-state index in [9.17, 15) is 53.1 Å². The fraction of sp³-hybridized carbons (Fsp3) is 0.682. The molecule has 48 heavy (non-hydrogen) atoms. The Morgan fingerprint density at radius 1 is 1.10 bits per heavy atom. The van der Waals surface area contributed by atoms with Crippen molar-refractivity contribution in [2.24, 2.45) is 5.41 Å². The first-order valence-electron chi connectivity index (χ1n) is 14.0. The molecule has 0 saturated carbocycles. The zero-order chi connectivity index (χ0) is 36.1. The van der Waals surface area contributed by atoms with Crippen molar-refractivity contribution in [1.29, 1.82) is 0 Å². The molecule has 6 N–H and O–H groups in total. The van der Waals surface area contributed by atoms with E-state index in [1.165, 1.54) is 13.8 Å². The Labute approximate surface area is 272 Å². The van der Waals surface area contributed by atoms with Crippen LogP contribution in [0.4, 0.5) is 5.82 Å². The SMILES string of the molecule is CCCNC(=O)CCNC(=O)C(O)C(C)(C)COP(=O)([O-])OP(=O)([O-])OCC1OC(n2cnc3c(N)ncnc32)C(O)C1OP(=O)([O-])[O-]. The van der Waals surface area contributed by atoms with Crippen molar-refractivity contribution in [3.05, 3.63) is 12.7 Å². The smallest absolute Gasteiger partial charge is 0.274 e. The van der Waals surface area contributed by atoms with E-state index in [1.54, 1.807) is 0 Å². The monoisotopic (exact) mass is 745 g/mol. The Morgan fingerprint density at radius 3 is 2.42 bits per heavy atom. The number of fused-ring (bicyclic) bond motifs is 1. The van der Waals surface area contributed by atoms with Gasteiger partial charge in [0.05, 0.1) is 27.4 Å². The lowest BCUT2D eigenvalue weighted by Crippen LogP contribution is -2.46. The van der Waals surface area contributed by atoms with E-state index in [0.29, 0.717) is 13.0 Å². The average Bonchev–Trinajstić information content (AvgIpc) is 3.54. The summed E-state index contributed by atoms with van der Waals surface area (Å²) >= 11 is 0. The molecule has 3 heterocycles. The highest BCUT2D eigenvalue weighted by molar-refractivity contribution is 7.59. The molecule has 7 unspecified atom stereocenters. The van der Waals surface area contributed by atoms with Gasteiger partial charge in [-0.05, 0) is 6.42 Å². The highest BCUT2D eigenvalue weighted by Gasteiger charge is 2.47. The second-order valence-corrected chi connectivity index (χ2v) is 15.0. The number of aliphatic hydroxyl groups excluding tert-OH is 2. The number of phosphoric ester groups is 3. The number of aliphatic hydroxyl groups is 2. The summed E-state index contributed by atoms with van der Waals surface area (Å²) in [5.41, 5.74) is 4.12. The van der Waals surface area contributed by atoms with Gasteiger partial charge in [0, 0.05) is 24.9 Å². The molecule has 23 nitrogen and oxygen atoms in total. The number of nitrogen functional groups attached to an aromatic ring is 1. The average molecular weight is 745 g/mol. The molecule has 2 aromatic heterocycles. The zero-order valence-electron chi connectivity index (χ0n) is 25.6. The van der Waals surface area contributed by atoms with Crippen molar-refractivity contribution in [3.8, 4) is 0 Å². The summed E-state index contributed by atoms with van der Waals surface area (Å²) in [6.45, 7) is 2.36. The van der Waals surface area contributed by atoms with Crippen LogP contribution in [0.5, 0.6) is 0 Å². The van der Waals surface area contributed by atoms with Crippen molar-refractivity contribution in [3.63, 3.8) is 0 Å². The quantitative estimate of drug-likeness (QED) is 0.0916. The summed E-state index contributed by atoms with van der Waals surface area (Å²) in [5, 5.41) is 26.0. The molecule has 3 rings (SSSR count). The van der Waals surface area contributed by atoms with E-state index < -0.39 is 78.6 Å². The molecule has 0 aromatic carbocycles. The van der Waals surface area contributed by atoms with Crippen LogP contribution < -0.4 is 35.9 Å². The van der Waals surface area contributed by atoms with Crippen LogP contribution in [0.25, 0.3) is 11.2 Å². The predicted octanol–water partition coefficient (Wildman–Crippen LogP) is -3.71. The molecular weight excluding hydrogens is 711 g/mol. The molecule has 1 fully saturated rings. The van der Waals surface area contributed by atoms with Crippen LogP contribution in [0.15, 0.2) is 12.7 Å². The summed E-state index contributed by atoms with van der Waals surface area (Å²) in [6.07, 6.45) is -6.65. The fourth-order valence-electron chi connectivity index (χ4n) is 4.18. The Morgan fingerprint density at radius 2 is 1.77 bits per heavy atom. The van der Waals surface area contributed by atoms with Crippen LogP contribution in [0.3, 0.4) is 0 Å². The number of phosphoric acid groups is 3. The molecule has 2 amide bonds. The Balaban J connectivity index is 1.61. The third-order valence-corrected chi connectivity index (χ3v) is 9.64. The van der Waals surface area contributed by atoms with Gasteiger partial charge in [0.1, 0.15) is 36.3 Å². The van der Waals surface area contributed by atoms with E-state index in [2.05, 4.69) is 43.5 Å². The van der Waals surface area contributed by atoms with E-state index in [0.717, 1.165) is 17.2 Å². The van der Waals surface area contributed by atoms with Gasteiger partial charge >= 0.3 is 0 Å². The number of nitrogens with one attached hydrogen (secondary N) is 2. The molecule has 2 aromatic rings. The van der Waals surface area contributed by atoms with Crippen molar-refractivity contribution < 1.29 is 75.7 Å². The molecule has 0 aliphatic carbocycles. The van der Waals surface area contributed by atoms with E-state index >= 15 is 0 Å². The second-order valence-electron chi connectivity index (χ2n) is 11.0. The lowest BCUT2D eigenvalue weighted by atomic mass is 9.87. The normalized spacial score (nSPS) is 23.4. The Hall–Kier alpha value is -2.46. The van der Waals surface area contributed by atoms with E-state index in [4.69, 9.17) is 10.5 Å². The van der Waals surface area contributed by atoms with Crippen LogP contribution in [0.1, 0.15) is 39.8 Å². The minimum Gasteiger partial charge on any atom is -0.790 e. The topological polar surface area (TPSA) is 358 Å². The number of hydrogen-bond acceptors (Lipinski definition) is 20. The van der Waals surface area contributed by atoms with Crippen molar-refractivity contribution in [2.45, 2.75) is 64.3 Å². The minimum absolute atomic E-state index is 0.0121. The first-order valence-corrected chi connectivity index (χ1v) is 18.4. The van der Waals surface area contributed by atoms with Gasteiger partial charge in [0.15, 0.2) is 17.7 Å². The number of carbonyl (C=O) groups excluding carboxylic acids is 2. The fourth-order valence-corrected chi connectivity index (χ4v) is 6.92. The minimum atomic E-state index is -5.88. The first-order chi connectivity index (χ1) is 22.2. The van der Waals surface area contributed by atoms with Crippen LogP contribution in [0.2, 0.25) is 0 Å². The van der Waals surface area contributed by atoms with Crippen molar-refractivity contribution >= 4 is 52.3 Å². The molecule has 0 radical (unpaired) electrons. The van der Waals surface area contributed by atoms with Crippen molar-refractivity contribution in [1.82, 2.24) is 30.2 Å². The number of anilines is 1. The van der Waals surface area contributed by atoms with Gasteiger partial charge in [-0.2, -0.15) is 0 Å². The summed E-state index contributed by atoms with van der Waals surface area (Å²) < 4.78 is 60.1. The van der Waals surface area contributed by atoms with Crippen LogP contribution >= 0.6 is 23.5 Å². The van der Waals surface area contributed by atoms with Gasteiger partial charge in [-0.1, -0.05) is 20.8 Å². The number of rotatable bonds is 18. The first kappa shape index (κ1) is 40.0. The van der Waals surface area contributed by atoms with Gasteiger partial charge in [0.2, 0.25) is 11.8 Å². The lowest BCUT2D eigenvalue weighted by Gasteiger charge is -2.36. The molecular formula is C22H34N7O16P3-4. The molecule has 1 aliphatic heterocycles. The number of ether oxygens (including phenoxy) is 1.